The average molecular weight is 263 g/mol. The summed E-state index contributed by atoms with van der Waals surface area (Å²) in [6, 6.07) is 0.291. The van der Waals surface area contributed by atoms with Crippen molar-refractivity contribution in [3.8, 4) is 0 Å². The highest BCUT2D eigenvalue weighted by Gasteiger charge is 2.33. The molecule has 1 aliphatic rings. The molecule has 2 rings (SSSR count). The van der Waals surface area contributed by atoms with Gasteiger partial charge in [0.15, 0.2) is 5.82 Å². The molecule has 1 N–H and O–H groups in total. The van der Waals surface area contributed by atoms with E-state index in [2.05, 4.69) is 38.0 Å². The van der Waals surface area contributed by atoms with Gasteiger partial charge in [-0.3, -0.25) is 0 Å². The highest BCUT2D eigenvalue weighted by atomic mass is 16.5. The maximum Gasteiger partial charge on any atom is 0.160 e. The second kappa shape index (κ2) is 5.97. The number of rotatable bonds is 4. The Morgan fingerprint density at radius 3 is 2.84 bits per heavy atom. The second-order valence-corrected chi connectivity index (χ2v) is 5.55. The lowest BCUT2D eigenvalue weighted by atomic mass is 9.94. The van der Waals surface area contributed by atoms with Crippen LogP contribution in [0, 0.1) is 6.92 Å². The van der Waals surface area contributed by atoms with Gasteiger partial charge in [-0.2, -0.15) is 0 Å². The molecule has 2 heterocycles. The quantitative estimate of drug-likeness (QED) is 0.907. The monoisotopic (exact) mass is 263 g/mol. The Hall–Kier alpha value is -1.00. The maximum absolute atomic E-state index is 5.91. The molecule has 0 aromatic carbocycles. The summed E-state index contributed by atoms with van der Waals surface area (Å²) < 4.78 is 5.91. The minimum absolute atomic E-state index is 0.291. The second-order valence-electron chi connectivity index (χ2n) is 5.55. The van der Waals surface area contributed by atoms with E-state index in [1.165, 1.54) is 12.0 Å². The first kappa shape index (κ1) is 14.4. The lowest BCUT2D eigenvalue weighted by Crippen LogP contribution is -2.33. The molecule has 19 heavy (non-hydrogen) atoms. The van der Waals surface area contributed by atoms with Gasteiger partial charge in [-0.1, -0.05) is 6.92 Å². The molecule has 0 spiro atoms. The minimum atomic E-state index is -0.303. The summed E-state index contributed by atoms with van der Waals surface area (Å²) in [5, 5.41) is 3.40. The number of nitrogens with zero attached hydrogens (tertiary/aromatic N) is 2. The first-order valence-corrected chi connectivity index (χ1v) is 7.28. The van der Waals surface area contributed by atoms with Crippen molar-refractivity contribution in [1.29, 1.82) is 0 Å². The number of hydrogen-bond donors (Lipinski definition) is 1. The lowest BCUT2D eigenvalue weighted by Gasteiger charge is -2.32. The van der Waals surface area contributed by atoms with Crippen LogP contribution in [0.3, 0.4) is 0 Å². The van der Waals surface area contributed by atoms with Crippen molar-refractivity contribution in [2.24, 2.45) is 0 Å². The molecule has 4 heteroatoms. The van der Waals surface area contributed by atoms with Gasteiger partial charge in [0.25, 0.3) is 0 Å². The van der Waals surface area contributed by atoms with E-state index >= 15 is 0 Å². The molecule has 0 aliphatic carbocycles. The summed E-state index contributed by atoms with van der Waals surface area (Å²) in [7, 11) is 0. The van der Waals surface area contributed by atoms with Crippen molar-refractivity contribution in [1.82, 2.24) is 15.3 Å². The van der Waals surface area contributed by atoms with Gasteiger partial charge < -0.3 is 10.1 Å². The number of aromatic nitrogens is 2. The predicted octanol–water partition coefficient (Wildman–Crippen LogP) is 2.87. The van der Waals surface area contributed by atoms with Crippen LogP contribution in [0.25, 0.3) is 0 Å². The summed E-state index contributed by atoms with van der Waals surface area (Å²) in [6.45, 7) is 10.2. The van der Waals surface area contributed by atoms with Crippen LogP contribution in [-0.2, 0) is 10.3 Å². The van der Waals surface area contributed by atoms with Crippen molar-refractivity contribution in [2.75, 3.05) is 13.2 Å². The van der Waals surface area contributed by atoms with Gasteiger partial charge in [-0.15, -0.1) is 0 Å². The van der Waals surface area contributed by atoms with Crippen LogP contribution < -0.4 is 5.32 Å². The molecule has 0 radical (unpaired) electrons. The summed E-state index contributed by atoms with van der Waals surface area (Å²) in [6.07, 6.45) is 5.29. The zero-order valence-electron chi connectivity index (χ0n) is 12.5. The molecule has 1 aromatic heterocycles. The van der Waals surface area contributed by atoms with Gasteiger partial charge in [0, 0.05) is 30.1 Å². The highest BCUT2D eigenvalue weighted by molar-refractivity contribution is 5.21. The van der Waals surface area contributed by atoms with Crippen molar-refractivity contribution in [3.63, 3.8) is 0 Å². The molecule has 0 saturated carbocycles. The van der Waals surface area contributed by atoms with Crippen LogP contribution in [0.2, 0.25) is 0 Å². The van der Waals surface area contributed by atoms with Gasteiger partial charge in [0.05, 0.1) is 0 Å². The number of ether oxygens (including phenoxy) is 1. The van der Waals surface area contributed by atoms with Crippen LogP contribution in [-0.4, -0.2) is 23.1 Å². The van der Waals surface area contributed by atoms with Crippen LogP contribution in [0.15, 0.2) is 6.20 Å². The Balaban J connectivity index is 2.23. The average Bonchev–Trinajstić information content (AvgIpc) is 2.39. The molecule has 106 valence electrons. The summed E-state index contributed by atoms with van der Waals surface area (Å²) >= 11 is 0. The smallest absolute Gasteiger partial charge is 0.160 e. The van der Waals surface area contributed by atoms with Crippen LogP contribution >= 0.6 is 0 Å². The van der Waals surface area contributed by atoms with E-state index in [1.54, 1.807) is 0 Å². The first-order valence-electron chi connectivity index (χ1n) is 7.28. The van der Waals surface area contributed by atoms with E-state index in [9.17, 15) is 0 Å². The number of hydrogen-bond acceptors (Lipinski definition) is 4. The third kappa shape index (κ3) is 3.12. The van der Waals surface area contributed by atoms with Gasteiger partial charge in [-0.25, -0.2) is 9.97 Å². The Morgan fingerprint density at radius 1 is 1.47 bits per heavy atom. The van der Waals surface area contributed by atoms with Crippen molar-refractivity contribution >= 4 is 0 Å². The number of aryl methyl sites for hydroxylation is 1. The van der Waals surface area contributed by atoms with Crippen molar-refractivity contribution in [3.05, 3.63) is 23.3 Å². The summed E-state index contributed by atoms with van der Waals surface area (Å²) in [5.74, 6) is 0.831. The van der Waals surface area contributed by atoms with Crippen LogP contribution in [0.4, 0.5) is 0 Å². The molecule has 0 bridgehead atoms. The molecule has 2 atom stereocenters. The SMILES string of the molecule is CCNC(C)c1cnc(C2(C)CCCCO2)nc1C. The van der Waals surface area contributed by atoms with Gasteiger partial charge >= 0.3 is 0 Å². The van der Waals surface area contributed by atoms with E-state index in [0.717, 1.165) is 37.5 Å². The molecule has 1 aliphatic heterocycles. The third-order valence-corrected chi connectivity index (χ3v) is 3.94. The topological polar surface area (TPSA) is 47.0 Å². The zero-order valence-corrected chi connectivity index (χ0v) is 12.5. The molecule has 1 saturated heterocycles. The Labute approximate surface area is 116 Å². The zero-order chi connectivity index (χ0) is 13.9. The van der Waals surface area contributed by atoms with E-state index in [1.807, 2.05) is 6.20 Å². The number of nitrogens with one attached hydrogen (secondary N) is 1. The Morgan fingerprint density at radius 2 is 2.26 bits per heavy atom. The van der Waals surface area contributed by atoms with Crippen LogP contribution in [0.5, 0.6) is 0 Å². The fourth-order valence-corrected chi connectivity index (χ4v) is 2.68. The maximum atomic E-state index is 5.91. The van der Waals surface area contributed by atoms with Gasteiger partial charge in [-0.05, 0) is 46.6 Å². The molecule has 2 unspecified atom stereocenters. The third-order valence-electron chi connectivity index (χ3n) is 3.94. The largest absolute Gasteiger partial charge is 0.367 e. The molecule has 1 aromatic rings. The first-order chi connectivity index (χ1) is 9.07. The summed E-state index contributed by atoms with van der Waals surface area (Å²) in [4.78, 5) is 9.26. The fourth-order valence-electron chi connectivity index (χ4n) is 2.68. The van der Waals surface area contributed by atoms with Crippen molar-refractivity contribution in [2.45, 2.75) is 58.6 Å². The van der Waals surface area contributed by atoms with E-state index in [-0.39, 0.29) is 5.60 Å². The van der Waals surface area contributed by atoms with Gasteiger partial charge in [0.2, 0.25) is 0 Å². The van der Waals surface area contributed by atoms with Gasteiger partial charge in [0.1, 0.15) is 5.60 Å². The normalized spacial score (nSPS) is 25.3. The molecule has 4 nitrogen and oxygen atoms in total. The molecular weight excluding hydrogens is 238 g/mol. The molecule has 0 amide bonds. The standard InChI is InChI=1S/C15H25N3O/c1-5-16-11(2)13-10-17-14(18-12(13)3)15(4)8-6-7-9-19-15/h10-11,16H,5-9H2,1-4H3. The van der Waals surface area contributed by atoms with E-state index < -0.39 is 0 Å². The fraction of sp³-hybridized carbons (Fsp3) is 0.733. The highest BCUT2D eigenvalue weighted by Crippen LogP contribution is 2.32. The van der Waals surface area contributed by atoms with E-state index in [0.29, 0.717) is 6.04 Å². The lowest BCUT2D eigenvalue weighted by molar-refractivity contribution is -0.0761. The summed E-state index contributed by atoms with van der Waals surface area (Å²) in [5.41, 5.74) is 1.92. The molecular formula is C15H25N3O. The van der Waals surface area contributed by atoms with Crippen molar-refractivity contribution < 1.29 is 4.74 Å². The predicted molar refractivity (Wildman–Crippen MR) is 76.0 cm³/mol. The van der Waals surface area contributed by atoms with E-state index in [4.69, 9.17) is 9.72 Å². The Kier molecular flexibility index (Phi) is 4.53. The molecule has 1 fully saturated rings. The minimum Gasteiger partial charge on any atom is -0.367 e. The Bertz CT molecular complexity index is 427. The van der Waals surface area contributed by atoms with Crippen LogP contribution in [0.1, 0.15) is 63.2 Å².